The smallest absolute Gasteiger partial charge is 0.299 e. The van der Waals surface area contributed by atoms with Crippen molar-refractivity contribution in [3.63, 3.8) is 0 Å². The van der Waals surface area contributed by atoms with E-state index in [2.05, 4.69) is 15.9 Å². The lowest BCUT2D eigenvalue weighted by Crippen LogP contribution is -2.49. The minimum absolute atomic E-state index is 0.0329. The molecule has 1 atom stereocenters. The van der Waals surface area contributed by atoms with Gasteiger partial charge in [-0.3, -0.25) is 10.1 Å². The number of nitro groups is 1. The van der Waals surface area contributed by atoms with Crippen LogP contribution >= 0.6 is 15.9 Å². The lowest BCUT2D eigenvalue weighted by Gasteiger charge is -2.28. The van der Waals surface area contributed by atoms with Crippen molar-refractivity contribution in [3.8, 4) is 0 Å². The van der Waals surface area contributed by atoms with Crippen molar-refractivity contribution in [2.24, 2.45) is 19.1 Å². The Kier molecular flexibility index (Phi) is 6.22. The summed E-state index contributed by atoms with van der Waals surface area (Å²) >= 11 is 3.46. The maximum Gasteiger partial charge on any atom is 0.299 e. The van der Waals surface area contributed by atoms with Gasteiger partial charge < -0.3 is 5.11 Å². The Hall–Kier alpha value is -3.62. The SMILES string of the molecule is Cn1cc[n+](C)c1C(O)(C(=Nc1ccccc1)c1ccc([N+](=O)[O-])cc1)c1ccc(Br)cc1. The van der Waals surface area contributed by atoms with E-state index < -0.39 is 10.5 Å². The van der Waals surface area contributed by atoms with Crippen LogP contribution < -0.4 is 4.57 Å². The van der Waals surface area contributed by atoms with Gasteiger partial charge in [0.25, 0.3) is 11.5 Å². The monoisotopic (exact) mass is 505 g/mol. The van der Waals surface area contributed by atoms with Crippen LogP contribution in [0.25, 0.3) is 0 Å². The average Bonchev–Trinajstić information content (AvgIpc) is 3.16. The van der Waals surface area contributed by atoms with E-state index in [1.54, 1.807) is 12.1 Å². The van der Waals surface area contributed by atoms with Gasteiger partial charge in [0.2, 0.25) is 5.60 Å². The molecule has 1 unspecified atom stereocenters. The number of rotatable bonds is 6. The molecule has 0 saturated heterocycles. The number of non-ortho nitro benzene ring substituents is 1. The molecule has 1 aromatic heterocycles. The topological polar surface area (TPSA) is 84.5 Å². The number of nitro benzene ring substituents is 1. The summed E-state index contributed by atoms with van der Waals surface area (Å²) in [5, 5.41) is 23.7. The van der Waals surface area contributed by atoms with Crippen molar-refractivity contribution in [1.29, 1.82) is 0 Å². The van der Waals surface area contributed by atoms with Crippen LogP contribution in [-0.4, -0.2) is 20.3 Å². The number of para-hydroxylation sites is 1. The number of hydrogen-bond donors (Lipinski definition) is 1. The Morgan fingerprint density at radius 1 is 1.06 bits per heavy atom. The Labute approximate surface area is 199 Å². The molecule has 8 heteroatoms. The molecule has 0 radical (unpaired) electrons. The molecular formula is C25H22BrN4O3+. The number of aliphatic imine (C=N–C) groups is 1. The highest BCUT2D eigenvalue weighted by Crippen LogP contribution is 2.35. The second kappa shape index (κ2) is 9.09. The van der Waals surface area contributed by atoms with Gasteiger partial charge in [-0.15, -0.1) is 0 Å². The molecule has 4 aromatic rings. The Bertz CT molecular complexity index is 1300. The fourth-order valence-corrected chi connectivity index (χ4v) is 4.15. The summed E-state index contributed by atoms with van der Waals surface area (Å²) in [6, 6.07) is 22.8. The van der Waals surface area contributed by atoms with Gasteiger partial charge in [-0.1, -0.05) is 46.3 Å². The van der Waals surface area contributed by atoms with E-state index in [1.165, 1.54) is 12.1 Å². The molecular weight excluding hydrogens is 484 g/mol. The molecule has 33 heavy (non-hydrogen) atoms. The van der Waals surface area contributed by atoms with Gasteiger partial charge in [0.1, 0.15) is 12.4 Å². The lowest BCUT2D eigenvalue weighted by atomic mass is 9.83. The second-order valence-corrected chi connectivity index (χ2v) is 8.58. The fraction of sp³-hybridized carbons (Fsp3) is 0.120. The van der Waals surface area contributed by atoms with E-state index in [0.717, 1.165) is 4.47 Å². The zero-order valence-electron chi connectivity index (χ0n) is 18.1. The van der Waals surface area contributed by atoms with Gasteiger partial charge in [-0.25, -0.2) is 14.1 Å². The molecule has 1 N–H and O–H groups in total. The van der Waals surface area contributed by atoms with Crippen LogP contribution in [0.5, 0.6) is 0 Å². The summed E-state index contributed by atoms with van der Waals surface area (Å²) in [6.45, 7) is 0. The van der Waals surface area contributed by atoms with Crippen molar-refractivity contribution in [1.82, 2.24) is 4.57 Å². The van der Waals surface area contributed by atoms with Gasteiger partial charge in [-0.2, -0.15) is 0 Å². The molecule has 4 rings (SSSR count). The van der Waals surface area contributed by atoms with Crippen molar-refractivity contribution >= 4 is 33.0 Å². The number of benzene rings is 3. The summed E-state index contributed by atoms with van der Waals surface area (Å²) in [7, 11) is 3.71. The third kappa shape index (κ3) is 4.35. The van der Waals surface area contributed by atoms with E-state index in [-0.39, 0.29) is 5.69 Å². The molecule has 1 heterocycles. The summed E-state index contributed by atoms with van der Waals surface area (Å²) in [5.74, 6) is 0.581. The maximum atomic E-state index is 12.5. The normalized spacial score (nSPS) is 13.5. The van der Waals surface area contributed by atoms with E-state index in [0.29, 0.717) is 28.4 Å². The van der Waals surface area contributed by atoms with Crippen molar-refractivity contribution in [2.45, 2.75) is 5.60 Å². The molecule has 166 valence electrons. The van der Waals surface area contributed by atoms with E-state index in [9.17, 15) is 15.2 Å². The van der Waals surface area contributed by atoms with Crippen LogP contribution in [0.2, 0.25) is 0 Å². The molecule has 0 aliphatic rings. The molecule has 3 aromatic carbocycles. The van der Waals surface area contributed by atoms with Crippen molar-refractivity contribution < 1.29 is 14.6 Å². The third-order valence-electron chi connectivity index (χ3n) is 5.46. The number of aryl methyl sites for hydroxylation is 2. The van der Waals surface area contributed by atoms with Crippen LogP contribution in [0.15, 0.2) is 101 Å². The first-order valence-corrected chi connectivity index (χ1v) is 11.0. The van der Waals surface area contributed by atoms with Crippen LogP contribution in [0, 0.1) is 10.1 Å². The van der Waals surface area contributed by atoms with Crippen LogP contribution in [0.4, 0.5) is 11.4 Å². The number of aliphatic hydroxyl groups is 1. The molecule has 0 amide bonds. The first-order valence-electron chi connectivity index (χ1n) is 10.2. The van der Waals surface area contributed by atoms with Gasteiger partial charge in [-0.05, 0) is 36.4 Å². The Morgan fingerprint density at radius 2 is 1.70 bits per heavy atom. The van der Waals surface area contributed by atoms with Crippen molar-refractivity contribution in [2.75, 3.05) is 0 Å². The Morgan fingerprint density at radius 3 is 2.24 bits per heavy atom. The minimum Gasteiger partial charge on any atom is -0.369 e. The number of nitrogens with zero attached hydrogens (tertiary/aromatic N) is 4. The van der Waals surface area contributed by atoms with Gasteiger partial charge in [0.15, 0.2) is 0 Å². The first-order chi connectivity index (χ1) is 15.8. The second-order valence-electron chi connectivity index (χ2n) is 7.66. The summed E-state index contributed by atoms with van der Waals surface area (Å²) < 4.78 is 4.56. The van der Waals surface area contributed by atoms with E-state index in [1.807, 2.05) is 90.2 Å². The molecule has 0 aliphatic heterocycles. The summed E-state index contributed by atoms with van der Waals surface area (Å²) in [4.78, 5) is 15.6. The average molecular weight is 506 g/mol. The Balaban J connectivity index is 2.04. The van der Waals surface area contributed by atoms with E-state index in [4.69, 9.17) is 4.99 Å². The molecule has 7 nitrogen and oxygen atoms in total. The zero-order chi connectivity index (χ0) is 23.6. The highest BCUT2D eigenvalue weighted by molar-refractivity contribution is 9.10. The molecule has 0 aliphatic carbocycles. The number of hydrogen-bond acceptors (Lipinski definition) is 4. The highest BCUT2D eigenvalue weighted by Gasteiger charge is 2.47. The molecule has 0 fully saturated rings. The number of aromatic nitrogens is 2. The quantitative estimate of drug-likeness (QED) is 0.180. The standard InChI is InChI=1S/C25H22BrN4O3/c1-28-16-17-29(2)24(28)25(31,19-10-12-20(26)13-11-19)23(27-21-6-4-3-5-7-21)18-8-14-22(15-9-18)30(32)33/h3-17,31H,1-2H3/q+1. The third-order valence-corrected chi connectivity index (χ3v) is 5.99. The highest BCUT2D eigenvalue weighted by atomic mass is 79.9. The predicted octanol–water partition coefficient (Wildman–Crippen LogP) is 4.58. The van der Waals surface area contributed by atoms with Gasteiger partial charge >= 0.3 is 0 Å². The van der Waals surface area contributed by atoms with Crippen molar-refractivity contribution in [3.05, 3.63) is 123 Å². The summed E-state index contributed by atoms with van der Waals surface area (Å²) in [6.07, 6.45) is 3.71. The first kappa shape index (κ1) is 22.6. The van der Waals surface area contributed by atoms with E-state index >= 15 is 0 Å². The number of imidazole rings is 1. The largest absolute Gasteiger partial charge is 0.369 e. The minimum atomic E-state index is -1.67. The molecule has 0 bridgehead atoms. The van der Waals surface area contributed by atoms with Crippen LogP contribution in [-0.2, 0) is 19.7 Å². The fourth-order valence-electron chi connectivity index (χ4n) is 3.89. The predicted molar refractivity (Wildman–Crippen MR) is 129 cm³/mol. The maximum absolute atomic E-state index is 12.5. The lowest BCUT2D eigenvalue weighted by molar-refractivity contribution is -0.683. The van der Waals surface area contributed by atoms with Gasteiger partial charge in [0, 0.05) is 27.7 Å². The zero-order valence-corrected chi connectivity index (χ0v) is 19.7. The van der Waals surface area contributed by atoms with Gasteiger partial charge in [0.05, 0.1) is 30.4 Å². The van der Waals surface area contributed by atoms with Crippen LogP contribution in [0.1, 0.15) is 17.0 Å². The van der Waals surface area contributed by atoms with Crippen LogP contribution in [0.3, 0.4) is 0 Å². The number of halogens is 1. The summed E-state index contributed by atoms with van der Waals surface area (Å²) in [5.41, 5.74) is 0.475. The molecule has 0 saturated carbocycles. The molecule has 0 spiro atoms.